The van der Waals surface area contributed by atoms with E-state index in [9.17, 15) is 4.79 Å². The van der Waals surface area contributed by atoms with Crippen LogP contribution in [0.3, 0.4) is 0 Å². The molecular formula is C19H30N2O3. The minimum absolute atomic E-state index is 0.0763. The normalized spacial score (nSPS) is 23.0. The topological polar surface area (TPSA) is 50.8 Å². The Morgan fingerprint density at radius 1 is 1.29 bits per heavy atom. The van der Waals surface area contributed by atoms with E-state index in [1.165, 1.54) is 5.56 Å². The minimum Gasteiger partial charge on any atom is -0.374 e. The van der Waals surface area contributed by atoms with E-state index in [2.05, 4.69) is 29.3 Å². The van der Waals surface area contributed by atoms with E-state index >= 15 is 0 Å². The number of carbonyl (C=O) groups is 1. The van der Waals surface area contributed by atoms with E-state index in [1.54, 1.807) is 0 Å². The van der Waals surface area contributed by atoms with Crippen molar-refractivity contribution in [2.24, 2.45) is 0 Å². The summed E-state index contributed by atoms with van der Waals surface area (Å²) in [6, 6.07) is 10.2. The van der Waals surface area contributed by atoms with Crippen LogP contribution in [0.2, 0.25) is 0 Å². The van der Waals surface area contributed by atoms with Gasteiger partial charge in [-0.2, -0.15) is 0 Å². The van der Waals surface area contributed by atoms with Gasteiger partial charge in [0.1, 0.15) is 0 Å². The molecule has 0 spiro atoms. The van der Waals surface area contributed by atoms with Gasteiger partial charge in [-0.25, -0.2) is 0 Å². The largest absolute Gasteiger partial charge is 0.374 e. The quantitative estimate of drug-likeness (QED) is 0.742. The van der Waals surface area contributed by atoms with Crippen LogP contribution in [0.1, 0.15) is 38.9 Å². The third kappa shape index (κ3) is 6.59. The molecule has 5 heteroatoms. The smallest absolute Gasteiger partial charge is 0.234 e. The summed E-state index contributed by atoms with van der Waals surface area (Å²) in [7, 11) is 0. The van der Waals surface area contributed by atoms with Crippen LogP contribution in [0, 0.1) is 0 Å². The number of benzene rings is 1. The molecule has 1 aromatic carbocycles. The molecule has 2 rings (SSSR count). The van der Waals surface area contributed by atoms with Crippen molar-refractivity contribution in [1.29, 1.82) is 0 Å². The van der Waals surface area contributed by atoms with E-state index in [0.29, 0.717) is 19.7 Å². The second-order valence-corrected chi connectivity index (χ2v) is 6.58. The lowest BCUT2D eigenvalue weighted by Gasteiger charge is -2.34. The Balaban J connectivity index is 1.56. The molecule has 1 aliphatic rings. The van der Waals surface area contributed by atoms with Crippen LogP contribution < -0.4 is 5.32 Å². The zero-order chi connectivity index (χ0) is 17.4. The molecule has 5 nitrogen and oxygen atoms in total. The highest BCUT2D eigenvalue weighted by Gasteiger charge is 2.23. The van der Waals surface area contributed by atoms with Crippen LogP contribution in [-0.2, 0) is 14.3 Å². The van der Waals surface area contributed by atoms with Crippen LogP contribution >= 0.6 is 0 Å². The Hall–Kier alpha value is -1.43. The van der Waals surface area contributed by atoms with E-state index in [1.807, 2.05) is 32.0 Å². The summed E-state index contributed by atoms with van der Waals surface area (Å²) in [5.74, 6) is 0.0763. The Labute approximate surface area is 145 Å². The molecule has 3 atom stereocenters. The Kier molecular flexibility index (Phi) is 7.69. The summed E-state index contributed by atoms with van der Waals surface area (Å²) >= 11 is 0. The van der Waals surface area contributed by atoms with Gasteiger partial charge in [-0.3, -0.25) is 9.69 Å². The van der Waals surface area contributed by atoms with Crippen molar-refractivity contribution >= 4 is 5.91 Å². The third-order valence-electron chi connectivity index (χ3n) is 4.14. The van der Waals surface area contributed by atoms with Gasteiger partial charge in [-0.15, -0.1) is 0 Å². The third-order valence-corrected chi connectivity index (χ3v) is 4.14. The summed E-state index contributed by atoms with van der Waals surface area (Å²) in [6.45, 7) is 9.51. The van der Waals surface area contributed by atoms with Crippen LogP contribution in [0.15, 0.2) is 30.3 Å². The number of carbonyl (C=O) groups excluding carboxylic acids is 1. The average Bonchev–Trinajstić information content (AvgIpc) is 2.54. The zero-order valence-electron chi connectivity index (χ0n) is 15.0. The molecule has 0 aliphatic carbocycles. The van der Waals surface area contributed by atoms with E-state index in [4.69, 9.17) is 9.47 Å². The minimum atomic E-state index is 0.0763. The highest BCUT2D eigenvalue weighted by Crippen LogP contribution is 2.15. The summed E-state index contributed by atoms with van der Waals surface area (Å²) in [6.07, 6.45) is 1.28. The molecule has 1 aromatic rings. The van der Waals surface area contributed by atoms with E-state index in [0.717, 1.165) is 19.5 Å². The van der Waals surface area contributed by atoms with Crippen molar-refractivity contribution in [3.05, 3.63) is 35.9 Å². The lowest BCUT2D eigenvalue weighted by atomic mass is 10.1. The molecule has 1 heterocycles. The van der Waals surface area contributed by atoms with Crippen molar-refractivity contribution in [3.63, 3.8) is 0 Å². The van der Waals surface area contributed by atoms with Crippen molar-refractivity contribution in [1.82, 2.24) is 10.2 Å². The fraction of sp³-hybridized carbons (Fsp3) is 0.632. The van der Waals surface area contributed by atoms with E-state index in [-0.39, 0.29) is 24.2 Å². The number of nitrogens with one attached hydrogen (secondary N) is 1. The fourth-order valence-corrected chi connectivity index (χ4v) is 3.05. The number of nitrogens with zero attached hydrogens (tertiary/aromatic N) is 1. The van der Waals surface area contributed by atoms with Crippen LogP contribution in [0.5, 0.6) is 0 Å². The molecule has 1 N–H and O–H groups in total. The maximum atomic E-state index is 12.0. The molecule has 1 aliphatic heterocycles. The van der Waals surface area contributed by atoms with E-state index < -0.39 is 0 Å². The van der Waals surface area contributed by atoms with Crippen LogP contribution in [-0.4, -0.2) is 55.8 Å². The molecule has 0 radical (unpaired) electrons. The molecule has 0 aromatic heterocycles. The van der Waals surface area contributed by atoms with Gasteiger partial charge in [0.05, 0.1) is 24.9 Å². The first-order valence-corrected chi connectivity index (χ1v) is 8.85. The number of hydrogen-bond donors (Lipinski definition) is 1. The first-order valence-electron chi connectivity index (χ1n) is 8.85. The SMILES string of the molecule is CC1CN(CC(=O)NCCCOC(C)c2ccccc2)CC(C)O1. The second-order valence-electron chi connectivity index (χ2n) is 6.58. The summed E-state index contributed by atoms with van der Waals surface area (Å²) < 4.78 is 11.5. The number of amides is 1. The summed E-state index contributed by atoms with van der Waals surface area (Å²) in [5.41, 5.74) is 1.18. The highest BCUT2D eigenvalue weighted by atomic mass is 16.5. The molecule has 3 unspecified atom stereocenters. The van der Waals surface area contributed by atoms with Gasteiger partial charge in [0.25, 0.3) is 0 Å². The monoisotopic (exact) mass is 334 g/mol. The summed E-state index contributed by atoms with van der Waals surface area (Å²) in [5, 5.41) is 2.97. The maximum absolute atomic E-state index is 12.0. The maximum Gasteiger partial charge on any atom is 0.234 e. The highest BCUT2D eigenvalue weighted by molar-refractivity contribution is 5.77. The van der Waals surface area contributed by atoms with Crippen molar-refractivity contribution in [2.45, 2.75) is 45.5 Å². The van der Waals surface area contributed by atoms with Crippen molar-refractivity contribution in [2.75, 3.05) is 32.8 Å². The number of morpholine rings is 1. The van der Waals surface area contributed by atoms with Gasteiger partial charge in [-0.1, -0.05) is 30.3 Å². The van der Waals surface area contributed by atoms with Crippen LogP contribution in [0.25, 0.3) is 0 Å². The fourth-order valence-electron chi connectivity index (χ4n) is 3.05. The molecule has 0 bridgehead atoms. The Bertz CT molecular complexity index is 485. The molecule has 1 fully saturated rings. The summed E-state index contributed by atoms with van der Waals surface area (Å²) in [4.78, 5) is 14.2. The molecule has 1 amide bonds. The molecule has 0 saturated carbocycles. The standard InChI is InChI=1S/C19H30N2O3/c1-15-12-21(13-16(2)24-15)14-19(22)20-10-7-11-23-17(3)18-8-5-4-6-9-18/h4-6,8-9,15-17H,7,10-14H2,1-3H3,(H,20,22). The molecular weight excluding hydrogens is 304 g/mol. The number of hydrogen-bond acceptors (Lipinski definition) is 4. The van der Waals surface area contributed by atoms with Crippen LogP contribution in [0.4, 0.5) is 0 Å². The first kappa shape index (κ1) is 18.9. The Morgan fingerprint density at radius 2 is 1.96 bits per heavy atom. The van der Waals surface area contributed by atoms with Gasteiger partial charge in [0.2, 0.25) is 5.91 Å². The number of rotatable bonds is 8. The second kappa shape index (κ2) is 9.77. The van der Waals surface area contributed by atoms with Gasteiger partial charge >= 0.3 is 0 Å². The Morgan fingerprint density at radius 3 is 2.62 bits per heavy atom. The van der Waals surface area contributed by atoms with Crippen molar-refractivity contribution < 1.29 is 14.3 Å². The van der Waals surface area contributed by atoms with Gasteiger partial charge in [0, 0.05) is 26.2 Å². The number of ether oxygens (including phenoxy) is 2. The predicted octanol–water partition coefficient (Wildman–Crippen LogP) is 2.38. The van der Waals surface area contributed by atoms with Gasteiger partial charge in [0.15, 0.2) is 0 Å². The first-order chi connectivity index (χ1) is 11.5. The lowest BCUT2D eigenvalue weighted by Crippen LogP contribution is -2.49. The average molecular weight is 334 g/mol. The molecule has 134 valence electrons. The predicted molar refractivity (Wildman–Crippen MR) is 94.9 cm³/mol. The zero-order valence-corrected chi connectivity index (χ0v) is 15.0. The lowest BCUT2D eigenvalue weighted by molar-refractivity contribution is -0.126. The van der Waals surface area contributed by atoms with Gasteiger partial charge in [-0.05, 0) is 32.8 Å². The van der Waals surface area contributed by atoms with Crippen molar-refractivity contribution in [3.8, 4) is 0 Å². The molecule has 1 saturated heterocycles. The van der Waals surface area contributed by atoms with Gasteiger partial charge < -0.3 is 14.8 Å². The molecule has 24 heavy (non-hydrogen) atoms.